The van der Waals surface area contributed by atoms with Crippen LogP contribution < -0.4 is 0 Å². The highest BCUT2D eigenvalue weighted by Crippen LogP contribution is 2.41. The van der Waals surface area contributed by atoms with Gasteiger partial charge in [-0.3, -0.25) is 9.36 Å². The Balaban J connectivity index is 4.30. The van der Waals surface area contributed by atoms with Gasteiger partial charge in [0.25, 0.3) is 0 Å². The highest BCUT2D eigenvalue weighted by Gasteiger charge is 2.24. The van der Waals surface area contributed by atoms with Gasteiger partial charge < -0.3 is 23.8 Å². The van der Waals surface area contributed by atoms with Crippen molar-refractivity contribution in [1.29, 1.82) is 0 Å². The quantitative estimate of drug-likeness (QED) is 0.0586. The lowest BCUT2D eigenvalue weighted by Gasteiger charge is -2.23. The van der Waals surface area contributed by atoms with E-state index in [1.54, 1.807) is 0 Å². The van der Waals surface area contributed by atoms with E-state index in [4.69, 9.17) is 14.0 Å². The van der Waals surface area contributed by atoms with E-state index in [1.165, 1.54) is 70.6 Å². The van der Waals surface area contributed by atoms with Crippen molar-refractivity contribution in [1.82, 2.24) is 4.90 Å². The zero-order valence-electron chi connectivity index (χ0n) is 25.6. The topological polar surface area (TPSA) is 85.3 Å². The predicted molar refractivity (Wildman–Crippen MR) is 159 cm³/mol. The first-order valence-electron chi connectivity index (χ1n) is 15.8. The van der Waals surface area contributed by atoms with Crippen molar-refractivity contribution in [3.8, 4) is 0 Å². The molecule has 0 aliphatic rings. The molecule has 1 N–H and O–H groups in total. The fourth-order valence-corrected chi connectivity index (χ4v) is 5.64. The molecule has 0 aromatic heterocycles. The van der Waals surface area contributed by atoms with Crippen molar-refractivity contribution in [3.63, 3.8) is 0 Å². The van der Waals surface area contributed by atoms with Gasteiger partial charge in [0.15, 0.2) is 0 Å². The van der Waals surface area contributed by atoms with E-state index < -0.39 is 13.7 Å². The van der Waals surface area contributed by atoms with Crippen LogP contribution in [0.5, 0.6) is 0 Å². The van der Waals surface area contributed by atoms with Crippen molar-refractivity contribution < 1.29 is 28.3 Å². The average molecular weight is 564 g/mol. The molecule has 0 aliphatic carbocycles. The van der Waals surface area contributed by atoms with E-state index in [1.807, 2.05) is 20.8 Å². The second kappa shape index (κ2) is 25.5. The van der Waals surface area contributed by atoms with Gasteiger partial charge in [0.2, 0.25) is 0 Å². The monoisotopic (exact) mass is 563 g/mol. The molecule has 0 fully saturated rings. The van der Waals surface area contributed by atoms with Crippen LogP contribution in [0.25, 0.3) is 0 Å². The third-order valence-corrected chi connectivity index (χ3v) is 8.64. The largest absolute Gasteiger partial charge is 0.457 e. The molecule has 0 aliphatic heterocycles. The fourth-order valence-electron chi connectivity index (χ4n) is 4.57. The number of carbonyl (C=O) groups is 1. The van der Waals surface area contributed by atoms with E-state index in [9.17, 15) is 14.3 Å². The third-order valence-electron chi connectivity index (χ3n) is 7.33. The summed E-state index contributed by atoms with van der Waals surface area (Å²) in [5, 5.41) is 0. The smallest absolute Gasteiger partial charge is 0.329 e. The van der Waals surface area contributed by atoms with Crippen LogP contribution in [-0.4, -0.2) is 67.5 Å². The third kappa shape index (κ3) is 22.4. The second-order valence-corrected chi connectivity index (χ2v) is 12.6. The molecule has 8 heteroatoms. The predicted octanol–water partition coefficient (Wildman–Crippen LogP) is 7.99. The van der Waals surface area contributed by atoms with Crippen LogP contribution in [0.2, 0.25) is 0 Å². The summed E-state index contributed by atoms with van der Waals surface area (Å²) in [6, 6.07) is 0. The molecule has 0 heterocycles. The maximum absolute atomic E-state index is 12.5. The Bertz CT molecular complexity index is 587. The molecule has 3 unspecified atom stereocenters. The number of esters is 1. The molecule has 0 bridgehead atoms. The van der Waals surface area contributed by atoms with Gasteiger partial charge in [-0.25, -0.2) is 0 Å². The van der Waals surface area contributed by atoms with E-state index >= 15 is 0 Å². The minimum atomic E-state index is -3.76. The van der Waals surface area contributed by atoms with Crippen LogP contribution in [-0.2, 0) is 23.4 Å². The molecule has 0 spiro atoms. The second-order valence-electron chi connectivity index (χ2n) is 10.7. The summed E-state index contributed by atoms with van der Waals surface area (Å²) < 4.78 is 29.2. The van der Waals surface area contributed by atoms with Gasteiger partial charge in [-0.1, -0.05) is 112 Å². The molecule has 3 atom stereocenters. The molecular formula is C30H62NO6P. The summed E-state index contributed by atoms with van der Waals surface area (Å²) in [7, 11) is -3.76. The highest BCUT2D eigenvalue weighted by molar-refractivity contribution is 7.52. The van der Waals surface area contributed by atoms with Crippen LogP contribution in [0.4, 0.5) is 0 Å². The van der Waals surface area contributed by atoms with E-state index in [2.05, 4.69) is 18.7 Å². The van der Waals surface area contributed by atoms with Crippen molar-refractivity contribution in [2.24, 2.45) is 5.92 Å². The first kappa shape index (κ1) is 37.5. The number of nitrogens with zero attached hydrogens (tertiary/aromatic N) is 1. The van der Waals surface area contributed by atoms with Crippen LogP contribution in [0.1, 0.15) is 131 Å². The lowest BCUT2D eigenvalue weighted by atomic mass is 9.95. The fraction of sp³-hybridized carbons (Fsp3) is 0.967. The maximum atomic E-state index is 12.5. The van der Waals surface area contributed by atoms with Crippen LogP contribution in [0.3, 0.4) is 0 Å². The zero-order chi connectivity index (χ0) is 28.5. The van der Waals surface area contributed by atoms with Gasteiger partial charge >= 0.3 is 13.6 Å². The zero-order valence-corrected chi connectivity index (χ0v) is 26.5. The van der Waals surface area contributed by atoms with Crippen LogP contribution >= 0.6 is 7.60 Å². The Morgan fingerprint density at radius 2 is 1.42 bits per heavy atom. The summed E-state index contributed by atoms with van der Waals surface area (Å²) >= 11 is 0. The van der Waals surface area contributed by atoms with Crippen molar-refractivity contribution in [3.05, 3.63) is 0 Å². The lowest BCUT2D eigenvalue weighted by Crippen LogP contribution is -2.30. The Hall–Kier alpha value is -0.460. The molecule has 7 nitrogen and oxygen atoms in total. The number of ether oxygens (including phenoxy) is 2. The Morgan fingerprint density at radius 3 is 1.97 bits per heavy atom. The van der Waals surface area contributed by atoms with Gasteiger partial charge in [-0.15, -0.1) is 0 Å². The van der Waals surface area contributed by atoms with Crippen molar-refractivity contribution in [2.75, 3.05) is 45.6 Å². The molecular weight excluding hydrogens is 501 g/mol. The summed E-state index contributed by atoms with van der Waals surface area (Å²) in [5.74, 6) is 0.312. The van der Waals surface area contributed by atoms with Crippen LogP contribution in [0.15, 0.2) is 0 Å². The van der Waals surface area contributed by atoms with E-state index in [0.29, 0.717) is 31.9 Å². The number of hydrogen-bond donors (Lipinski definition) is 1. The number of rotatable bonds is 28. The minimum absolute atomic E-state index is 0.0578. The highest BCUT2D eigenvalue weighted by atomic mass is 31.2. The van der Waals surface area contributed by atoms with Crippen LogP contribution in [0, 0.1) is 5.92 Å². The molecule has 0 saturated carbocycles. The summed E-state index contributed by atoms with van der Waals surface area (Å²) in [5.41, 5.74) is 0. The normalized spacial score (nSPS) is 14.9. The van der Waals surface area contributed by atoms with Gasteiger partial charge in [-0.2, -0.15) is 0 Å². The molecule has 0 radical (unpaired) electrons. The van der Waals surface area contributed by atoms with Crippen molar-refractivity contribution in [2.45, 2.75) is 137 Å². The molecule has 228 valence electrons. The van der Waals surface area contributed by atoms with E-state index in [0.717, 1.165) is 25.9 Å². The van der Waals surface area contributed by atoms with Gasteiger partial charge in [-0.05, 0) is 31.8 Å². The first-order chi connectivity index (χ1) is 18.3. The Morgan fingerprint density at radius 1 is 0.816 bits per heavy atom. The van der Waals surface area contributed by atoms with E-state index in [-0.39, 0.29) is 25.3 Å². The molecule has 0 aromatic rings. The SMILES string of the molecule is CCCCCCCCCCCCC(CC)CCOCC(COP(=O)(O)CCN(CC)CC)OC(=O)CCC. The molecule has 0 rings (SSSR count). The molecule has 0 aromatic carbocycles. The number of unbranched alkanes of at least 4 members (excludes halogenated alkanes) is 9. The van der Waals surface area contributed by atoms with Gasteiger partial charge in [0.1, 0.15) is 6.10 Å². The Labute approximate surface area is 235 Å². The summed E-state index contributed by atoms with van der Waals surface area (Å²) in [6.07, 6.45) is 17.3. The molecule has 0 saturated heterocycles. The summed E-state index contributed by atoms with van der Waals surface area (Å²) in [4.78, 5) is 24.4. The molecule has 38 heavy (non-hydrogen) atoms. The number of carbonyl (C=O) groups excluding carboxylic acids is 1. The molecule has 0 amide bonds. The average Bonchev–Trinajstić information content (AvgIpc) is 2.90. The number of hydrogen-bond acceptors (Lipinski definition) is 6. The standard InChI is InChI=1S/C30H62NO6P/c1-6-11-12-13-14-15-16-17-18-19-21-28(8-3)22-24-35-26-29(37-30(32)20-7-2)27-36-38(33,34)25-23-31(9-4)10-5/h28-29H,6-27H2,1-5H3,(H,33,34). The lowest BCUT2D eigenvalue weighted by molar-refractivity contribution is -0.154. The first-order valence-corrected chi connectivity index (χ1v) is 17.5. The van der Waals surface area contributed by atoms with Gasteiger partial charge in [0.05, 0.1) is 19.4 Å². The minimum Gasteiger partial charge on any atom is -0.457 e. The summed E-state index contributed by atoms with van der Waals surface area (Å²) in [6.45, 7) is 13.2. The maximum Gasteiger partial charge on any atom is 0.329 e. The Kier molecular flexibility index (Phi) is 25.2. The van der Waals surface area contributed by atoms with Crippen molar-refractivity contribution >= 4 is 13.6 Å². The van der Waals surface area contributed by atoms with Gasteiger partial charge in [0, 0.05) is 19.6 Å².